The van der Waals surface area contributed by atoms with Crippen molar-refractivity contribution in [2.75, 3.05) is 13.1 Å². The third kappa shape index (κ3) is 5.24. The SMILES string of the molecule is CCNC(=NCc1cn2ccsc2n1)NCC(C)Sc1ccccc1. The number of rotatable bonds is 7. The van der Waals surface area contributed by atoms with Crippen molar-refractivity contribution in [2.24, 2.45) is 4.99 Å². The highest BCUT2D eigenvalue weighted by atomic mass is 32.2. The minimum atomic E-state index is 0.448. The second-order valence-corrected chi connectivity index (χ2v) is 8.03. The number of nitrogens with one attached hydrogen (secondary N) is 2. The van der Waals surface area contributed by atoms with Crippen LogP contribution in [0.1, 0.15) is 19.5 Å². The van der Waals surface area contributed by atoms with Gasteiger partial charge in [0.15, 0.2) is 10.9 Å². The first-order chi connectivity index (χ1) is 12.2. The van der Waals surface area contributed by atoms with Crippen LogP contribution in [0.3, 0.4) is 0 Å². The number of aliphatic imine (C=N–C) groups is 1. The van der Waals surface area contributed by atoms with Crippen molar-refractivity contribution in [3.63, 3.8) is 0 Å². The molecule has 132 valence electrons. The summed E-state index contributed by atoms with van der Waals surface area (Å²) in [6, 6.07) is 10.5. The lowest BCUT2D eigenvalue weighted by Gasteiger charge is -2.15. The van der Waals surface area contributed by atoms with Crippen LogP contribution in [0.2, 0.25) is 0 Å². The monoisotopic (exact) mass is 373 g/mol. The molecule has 0 amide bonds. The molecular weight excluding hydrogens is 350 g/mol. The first-order valence-electron chi connectivity index (χ1n) is 8.39. The summed E-state index contributed by atoms with van der Waals surface area (Å²) in [7, 11) is 0. The quantitative estimate of drug-likeness (QED) is 0.377. The number of thioether (sulfide) groups is 1. The number of hydrogen-bond acceptors (Lipinski definition) is 4. The lowest BCUT2D eigenvalue weighted by atomic mass is 10.4. The molecule has 1 atom stereocenters. The van der Waals surface area contributed by atoms with Crippen LogP contribution < -0.4 is 10.6 Å². The van der Waals surface area contributed by atoms with Crippen molar-refractivity contribution in [1.29, 1.82) is 0 Å². The minimum Gasteiger partial charge on any atom is -0.357 e. The molecule has 1 unspecified atom stereocenters. The Morgan fingerprint density at radius 2 is 2.16 bits per heavy atom. The van der Waals surface area contributed by atoms with E-state index in [0.29, 0.717) is 11.8 Å². The van der Waals surface area contributed by atoms with E-state index in [-0.39, 0.29) is 0 Å². The Balaban J connectivity index is 1.53. The zero-order valence-corrected chi connectivity index (χ0v) is 16.1. The van der Waals surface area contributed by atoms with Crippen LogP contribution in [0, 0.1) is 0 Å². The predicted octanol–water partition coefficient (Wildman–Crippen LogP) is 3.63. The number of nitrogens with zero attached hydrogens (tertiary/aromatic N) is 3. The molecule has 2 N–H and O–H groups in total. The van der Waals surface area contributed by atoms with Crippen molar-refractivity contribution in [3.05, 3.63) is 53.8 Å². The fraction of sp³-hybridized carbons (Fsp3) is 0.333. The summed E-state index contributed by atoms with van der Waals surface area (Å²) in [5.41, 5.74) is 0.982. The average Bonchev–Trinajstić information content (AvgIpc) is 3.20. The Morgan fingerprint density at radius 1 is 1.32 bits per heavy atom. The zero-order valence-electron chi connectivity index (χ0n) is 14.5. The maximum absolute atomic E-state index is 4.65. The number of imidazole rings is 1. The van der Waals surface area contributed by atoms with E-state index in [9.17, 15) is 0 Å². The Kier molecular flexibility index (Phi) is 6.36. The molecule has 3 aromatic rings. The van der Waals surface area contributed by atoms with Crippen LogP contribution in [0.25, 0.3) is 4.96 Å². The van der Waals surface area contributed by atoms with Crippen molar-refractivity contribution >= 4 is 34.0 Å². The van der Waals surface area contributed by atoms with E-state index in [1.54, 1.807) is 11.3 Å². The van der Waals surface area contributed by atoms with Gasteiger partial charge in [0.25, 0.3) is 0 Å². The molecular formula is C18H23N5S2. The van der Waals surface area contributed by atoms with E-state index in [4.69, 9.17) is 0 Å². The molecule has 5 nitrogen and oxygen atoms in total. The molecule has 2 heterocycles. The number of benzene rings is 1. The van der Waals surface area contributed by atoms with Crippen LogP contribution >= 0.6 is 23.1 Å². The maximum Gasteiger partial charge on any atom is 0.193 e. The number of aromatic nitrogens is 2. The molecule has 1 aromatic carbocycles. The normalized spacial score (nSPS) is 13.1. The lowest BCUT2D eigenvalue weighted by Crippen LogP contribution is -2.40. The van der Waals surface area contributed by atoms with Gasteiger partial charge in [-0.15, -0.1) is 23.1 Å². The number of thiazole rings is 1. The van der Waals surface area contributed by atoms with Crippen molar-refractivity contribution < 1.29 is 0 Å². The van der Waals surface area contributed by atoms with Crippen LogP contribution in [-0.2, 0) is 6.54 Å². The van der Waals surface area contributed by atoms with Crippen LogP contribution in [0.5, 0.6) is 0 Å². The third-order valence-electron chi connectivity index (χ3n) is 3.52. The fourth-order valence-corrected chi connectivity index (χ4v) is 4.03. The lowest BCUT2D eigenvalue weighted by molar-refractivity contribution is 0.793. The predicted molar refractivity (Wildman–Crippen MR) is 108 cm³/mol. The number of fused-ring (bicyclic) bond motifs is 1. The summed E-state index contributed by atoms with van der Waals surface area (Å²) in [6.45, 7) is 6.56. The molecule has 0 saturated carbocycles. The van der Waals surface area contributed by atoms with Crippen LogP contribution in [-0.4, -0.2) is 33.7 Å². The number of hydrogen-bond donors (Lipinski definition) is 2. The third-order valence-corrected chi connectivity index (χ3v) is 5.41. The molecule has 0 fully saturated rings. The van der Waals surface area contributed by atoms with Crippen LogP contribution in [0.4, 0.5) is 0 Å². The fourth-order valence-electron chi connectivity index (χ4n) is 2.37. The first kappa shape index (κ1) is 17.8. The largest absolute Gasteiger partial charge is 0.357 e. The average molecular weight is 374 g/mol. The molecule has 0 aliphatic carbocycles. The Morgan fingerprint density at radius 3 is 2.92 bits per heavy atom. The molecule has 7 heteroatoms. The highest BCUT2D eigenvalue weighted by Gasteiger charge is 2.07. The topological polar surface area (TPSA) is 53.7 Å². The van der Waals surface area contributed by atoms with Gasteiger partial charge in [0.2, 0.25) is 0 Å². The summed E-state index contributed by atoms with van der Waals surface area (Å²) in [6.07, 6.45) is 4.05. The molecule has 2 aromatic heterocycles. The van der Waals surface area contributed by atoms with Gasteiger partial charge >= 0.3 is 0 Å². The van der Waals surface area contributed by atoms with E-state index in [1.165, 1.54) is 4.90 Å². The smallest absolute Gasteiger partial charge is 0.193 e. The van der Waals surface area contributed by atoms with E-state index >= 15 is 0 Å². The molecule has 0 spiro atoms. The summed E-state index contributed by atoms with van der Waals surface area (Å²) in [5, 5.41) is 9.20. The van der Waals surface area contributed by atoms with E-state index in [0.717, 1.165) is 29.7 Å². The molecule has 0 aliphatic rings. The molecule has 0 aliphatic heterocycles. The van der Waals surface area contributed by atoms with Gasteiger partial charge in [0, 0.05) is 41.0 Å². The zero-order chi connectivity index (χ0) is 17.5. The van der Waals surface area contributed by atoms with Crippen LogP contribution in [0.15, 0.2) is 58.0 Å². The van der Waals surface area contributed by atoms with E-state index in [1.807, 2.05) is 40.0 Å². The minimum absolute atomic E-state index is 0.448. The Hall–Kier alpha value is -1.99. The molecule has 3 rings (SSSR count). The van der Waals surface area contributed by atoms with Gasteiger partial charge in [-0.2, -0.15) is 0 Å². The van der Waals surface area contributed by atoms with Crippen molar-refractivity contribution in [3.8, 4) is 0 Å². The summed E-state index contributed by atoms with van der Waals surface area (Å²) < 4.78 is 2.04. The highest BCUT2D eigenvalue weighted by molar-refractivity contribution is 8.00. The molecule has 0 radical (unpaired) electrons. The van der Waals surface area contributed by atoms with E-state index < -0.39 is 0 Å². The Bertz CT molecular complexity index is 781. The second kappa shape index (κ2) is 8.92. The summed E-state index contributed by atoms with van der Waals surface area (Å²) in [5.74, 6) is 0.833. The first-order valence-corrected chi connectivity index (χ1v) is 10.2. The highest BCUT2D eigenvalue weighted by Crippen LogP contribution is 2.21. The number of guanidine groups is 1. The van der Waals surface area contributed by atoms with Crippen molar-refractivity contribution in [2.45, 2.75) is 30.5 Å². The van der Waals surface area contributed by atoms with Gasteiger partial charge in [-0.25, -0.2) is 9.98 Å². The van der Waals surface area contributed by atoms with Gasteiger partial charge in [0.05, 0.1) is 12.2 Å². The van der Waals surface area contributed by atoms with Gasteiger partial charge in [-0.3, -0.25) is 4.40 Å². The van der Waals surface area contributed by atoms with Crippen molar-refractivity contribution in [1.82, 2.24) is 20.0 Å². The summed E-state index contributed by atoms with van der Waals surface area (Å²) in [4.78, 5) is 11.5. The Labute approximate surface area is 156 Å². The van der Waals surface area contributed by atoms with Gasteiger partial charge in [-0.1, -0.05) is 25.1 Å². The maximum atomic E-state index is 4.65. The molecule has 25 heavy (non-hydrogen) atoms. The molecule has 0 saturated heterocycles. The van der Waals surface area contributed by atoms with Gasteiger partial charge < -0.3 is 10.6 Å². The second-order valence-electron chi connectivity index (χ2n) is 5.64. The van der Waals surface area contributed by atoms with Gasteiger partial charge in [0.1, 0.15) is 0 Å². The molecule has 0 bridgehead atoms. The van der Waals surface area contributed by atoms with E-state index in [2.05, 4.69) is 58.7 Å². The standard InChI is InChI=1S/C18H23N5S2/c1-3-19-17(20-11-14(2)25-16-7-5-4-6-8-16)21-12-15-13-23-9-10-24-18(23)22-15/h4-10,13-14H,3,11-12H2,1-2H3,(H2,19,20,21). The summed E-state index contributed by atoms with van der Waals surface area (Å²) >= 11 is 3.50. The van der Waals surface area contributed by atoms with Gasteiger partial charge in [-0.05, 0) is 19.1 Å².